The van der Waals surface area contributed by atoms with Gasteiger partial charge in [-0.05, 0) is 25.2 Å². The van der Waals surface area contributed by atoms with Crippen molar-refractivity contribution in [2.75, 3.05) is 6.61 Å². The highest BCUT2D eigenvalue weighted by Gasteiger charge is 2.40. The van der Waals surface area contributed by atoms with Gasteiger partial charge in [-0.2, -0.15) is 5.26 Å². The molecule has 5 nitrogen and oxygen atoms in total. The summed E-state index contributed by atoms with van der Waals surface area (Å²) in [6, 6.07) is 2.07. The lowest BCUT2D eigenvalue weighted by atomic mass is 9.90. The molecule has 1 amide bonds. The van der Waals surface area contributed by atoms with Gasteiger partial charge >= 0.3 is 5.97 Å². The number of nitrogens with zero attached hydrogens (tertiary/aromatic N) is 1. The summed E-state index contributed by atoms with van der Waals surface area (Å²) in [5.41, 5.74) is -0.934. The molecule has 18 heavy (non-hydrogen) atoms. The first-order valence-electron chi connectivity index (χ1n) is 6.19. The number of nitrogens with one attached hydrogen (secondary N) is 1. The molecule has 0 aromatic heterocycles. The average Bonchev–Trinajstić information content (AvgIpc) is 3.03. The molecular formula is C13H20N2O3. The highest BCUT2D eigenvalue weighted by Crippen LogP contribution is 2.38. The van der Waals surface area contributed by atoms with E-state index < -0.39 is 11.4 Å². The molecule has 1 saturated carbocycles. The minimum absolute atomic E-state index is 0.0226. The van der Waals surface area contributed by atoms with Gasteiger partial charge in [0.1, 0.15) is 5.54 Å². The van der Waals surface area contributed by atoms with Gasteiger partial charge in [0.25, 0.3) is 5.91 Å². The molecule has 0 aromatic carbocycles. The molecule has 1 N–H and O–H groups in total. The summed E-state index contributed by atoms with van der Waals surface area (Å²) in [5.74, 6) is -0.466. The van der Waals surface area contributed by atoms with Gasteiger partial charge in [-0.3, -0.25) is 9.59 Å². The van der Waals surface area contributed by atoms with E-state index in [4.69, 9.17) is 10.00 Å². The Morgan fingerprint density at radius 3 is 2.50 bits per heavy atom. The van der Waals surface area contributed by atoms with Crippen molar-refractivity contribution in [3.05, 3.63) is 0 Å². The molecular weight excluding hydrogens is 232 g/mol. The standard InChI is InChI=1S/C13H20N2O3/c1-8(2)13(4,7-14)15-11(16)6-18-12(17)10-5-9(10)3/h8-10H,5-6H2,1-4H3,(H,15,16)/t9-,10+,13-/m0/s1. The van der Waals surface area contributed by atoms with Crippen LogP contribution in [-0.2, 0) is 14.3 Å². The fourth-order valence-corrected chi connectivity index (χ4v) is 1.52. The van der Waals surface area contributed by atoms with E-state index in [1.54, 1.807) is 6.92 Å². The van der Waals surface area contributed by atoms with Crippen LogP contribution in [0, 0.1) is 29.1 Å². The summed E-state index contributed by atoms with van der Waals surface area (Å²) in [5, 5.41) is 11.6. The van der Waals surface area contributed by atoms with Crippen LogP contribution in [0.1, 0.15) is 34.1 Å². The fraction of sp³-hybridized carbons (Fsp3) is 0.769. The van der Waals surface area contributed by atoms with Crippen molar-refractivity contribution in [3.8, 4) is 6.07 Å². The quantitative estimate of drug-likeness (QED) is 0.747. The third-order valence-corrected chi connectivity index (χ3v) is 3.54. The van der Waals surface area contributed by atoms with E-state index in [0.717, 1.165) is 6.42 Å². The zero-order valence-corrected chi connectivity index (χ0v) is 11.3. The number of rotatable bonds is 5. The lowest BCUT2D eigenvalue weighted by Crippen LogP contribution is -2.50. The topological polar surface area (TPSA) is 79.2 Å². The van der Waals surface area contributed by atoms with Gasteiger partial charge in [-0.15, -0.1) is 0 Å². The van der Waals surface area contributed by atoms with E-state index in [1.165, 1.54) is 0 Å². The van der Waals surface area contributed by atoms with Gasteiger partial charge in [-0.1, -0.05) is 20.8 Å². The number of carbonyl (C=O) groups excluding carboxylic acids is 2. The Hall–Kier alpha value is -1.57. The van der Waals surface area contributed by atoms with Crippen molar-refractivity contribution in [3.63, 3.8) is 0 Å². The summed E-state index contributed by atoms with van der Waals surface area (Å²) in [7, 11) is 0. The van der Waals surface area contributed by atoms with Crippen LogP contribution in [0.15, 0.2) is 0 Å². The Labute approximate surface area is 107 Å². The highest BCUT2D eigenvalue weighted by atomic mass is 16.5. The second-order valence-corrected chi connectivity index (χ2v) is 5.44. The van der Waals surface area contributed by atoms with Crippen molar-refractivity contribution < 1.29 is 14.3 Å². The lowest BCUT2D eigenvalue weighted by molar-refractivity contribution is -0.150. The summed E-state index contributed by atoms with van der Waals surface area (Å²) in [6.45, 7) is 7.01. The van der Waals surface area contributed by atoms with Crippen LogP contribution >= 0.6 is 0 Å². The molecule has 0 aliphatic heterocycles. The van der Waals surface area contributed by atoms with E-state index in [9.17, 15) is 9.59 Å². The predicted molar refractivity (Wildman–Crippen MR) is 65.2 cm³/mol. The molecule has 0 spiro atoms. The first kappa shape index (κ1) is 14.5. The number of carbonyl (C=O) groups is 2. The zero-order chi connectivity index (χ0) is 13.9. The van der Waals surface area contributed by atoms with Gasteiger partial charge in [0.05, 0.1) is 12.0 Å². The first-order chi connectivity index (χ1) is 8.30. The van der Waals surface area contributed by atoms with Crippen molar-refractivity contribution in [1.82, 2.24) is 5.32 Å². The molecule has 0 bridgehead atoms. The number of esters is 1. The molecule has 100 valence electrons. The van der Waals surface area contributed by atoms with Gasteiger partial charge in [-0.25, -0.2) is 0 Å². The second kappa shape index (κ2) is 5.38. The Morgan fingerprint density at radius 1 is 1.56 bits per heavy atom. The van der Waals surface area contributed by atoms with Crippen LogP contribution in [0.3, 0.4) is 0 Å². The summed E-state index contributed by atoms with van der Waals surface area (Å²) in [4.78, 5) is 23.0. The van der Waals surface area contributed by atoms with E-state index in [2.05, 4.69) is 11.4 Å². The minimum atomic E-state index is -0.934. The third kappa shape index (κ3) is 3.46. The zero-order valence-electron chi connectivity index (χ0n) is 11.3. The van der Waals surface area contributed by atoms with Gasteiger partial charge < -0.3 is 10.1 Å². The maximum Gasteiger partial charge on any atom is 0.309 e. The predicted octanol–water partition coefficient (Wildman–Crippen LogP) is 1.24. The Morgan fingerprint density at radius 2 is 2.11 bits per heavy atom. The Balaban J connectivity index is 2.38. The maximum atomic E-state index is 11.6. The molecule has 1 aliphatic carbocycles. The summed E-state index contributed by atoms with van der Waals surface area (Å²) >= 11 is 0. The van der Waals surface area contributed by atoms with E-state index in [0.29, 0.717) is 5.92 Å². The van der Waals surface area contributed by atoms with E-state index >= 15 is 0 Å². The lowest BCUT2D eigenvalue weighted by Gasteiger charge is -2.27. The molecule has 0 radical (unpaired) electrons. The van der Waals surface area contributed by atoms with Crippen LogP contribution in [-0.4, -0.2) is 24.0 Å². The molecule has 0 unspecified atom stereocenters. The molecule has 1 aliphatic rings. The van der Waals surface area contributed by atoms with Crippen LogP contribution in [0.2, 0.25) is 0 Å². The molecule has 5 heteroatoms. The monoisotopic (exact) mass is 252 g/mol. The number of nitriles is 1. The molecule has 0 heterocycles. The highest BCUT2D eigenvalue weighted by molar-refractivity contribution is 5.83. The molecule has 0 aromatic rings. The first-order valence-corrected chi connectivity index (χ1v) is 6.19. The maximum absolute atomic E-state index is 11.6. The van der Waals surface area contributed by atoms with E-state index in [1.807, 2.05) is 20.8 Å². The van der Waals surface area contributed by atoms with E-state index in [-0.39, 0.29) is 24.4 Å². The van der Waals surface area contributed by atoms with Gasteiger partial charge in [0.15, 0.2) is 6.61 Å². The number of hydrogen-bond donors (Lipinski definition) is 1. The normalized spacial score (nSPS) is 24.9. The van der Waals surface area contributed by atoms with Crippen LogP contribution in [0.5, 0.6) is 0 Å². The molecule has 3 atom stereocenters. The number of amides is 1. The minimum Gasteiger partial charge on any atom is -0.455 e. The third-order valence-electron chi connectivity index (χ3n) is 3.54. The van der Waals surface area contributed by atoms with Crippen molar-refractivity contribution in [2.45, 2.75) is 39.7 Å². The Bertz CT molecular complexity index is 386. The SMILES string of the molecule is CC(C)[C@](C)(C#N)NC(=O)COC(=O)[C@@H]1C[C@@H]1C. The van der Waals surface area contributed by atoms with Crippen molar-refractivity contribution >= 4 is 11.9 Å². The van der Waals surface area contributed by atoms with Crippen LogP contribution in [0.4, 0.5) is 0 Å². The van der Waals surface area contributed by atoms with Gasteiger partial charge in [0, 0.05) is 0 Å². The smallest absolute Gasteiger partial charge is 0.309 e. The number of ether oxygens (including phenoxy) is 1. The van der Waals surface area contributed by atoms with Gasteiger partial charge in [0.2, 0.25) is 0 Å². The van der Waals surface area contributed by atoms with Crippen molar-refractivity contribution in [1.29, 1.82) is 5.26 Å². The molecule has 1 rings (SSSR count). The summed E-state index contributed by atoms with van der Waals surface area (Å²) in [6.07, 6.45) is 0.836. The number of hydrogen-bond acceptors (Lipinski definition) is 4. The fourth-order valence-electron chi connectivity index (χ4n) is 1.52. The largest absolute Gasteiger partial charge is 0.455 e. The second-order valence-electron chi connectivity index (χ2n) is 5.44. The van der Waals surface area contributed by atoms with Crippen LogP contribution in [0.25, 0.3) is 0 Å². The average molecular weight is 252 g/mol. The van der Waals surface area contributed by atoms with Crippen LogP contribution < -0.4 is 5.32 Å². The Kier molecular flexibility index (Phi) is 4.33. The van der Waals surface area contributed by atoms with Crippen molar-refractivity contribution in [2.24, 2.45) is 17.8 Å². The summed E-state index contributed by atoms with van der Waals surface area (Å²) < 4.78 is 4.91. The molecule has 0 saturated heterocycles. The molecule has 1 fully saturated rings.